The van der Waals surface area contributed by atoms with Crippen molar-refractivity contribution in [3.63, 3.8) is 0 Å². The lowest BCUT2D eigenvalue weighted by molar-refractivity contribution is 0.597. The molecule has 0 spiro atoms. The van der Waals surface area contributed by atoms with E-state index in [2.05, 4.69) is 41.6 Å². The minimum Gasteiger partial charge on any atom is -0.357 e. The molecule has 0 amide bonds. The lowest BCUT2D eigenvalue weighted by Gasteiger charge is -2.17. The molecule has 0 saturated carbocycles. The summed E-state index contributed by atoms with van der Waals surface area (Å²) in [5.74, 6) is 0.740. The molecule has 0 saturated heterocycles. The molecule has 2 aromatic rings. The number of nitrogens with two attached hydrogens (primary N) is 1. The number of benzene rings is 1. The van der Waals surface area contributed by atoms with Gasteiger partial charge in [0.05, 0.1) is 11.4 Å². The van der Waals surface area contributed by atoms with Crippen molar-refractivity contribution in [1.29, 1.82) is 0 Å². The SMILES string of the molecule is CCNC(=NCc1ccc(S(N)(=O)=O)cc1)NC(C)Cc1ccc(C)s1.I. The van der Waals surface area contributed by atoms with Gasteiger partial charge in [0.15, 0.2) is 5.96 Å². The number of guanidine groups is 1. The fraction of sp³-hybridized carbons (Fsp3) is 0.389. The number of rotatable bonds is 7. The minimum absolute atomic E-state index is 0. The van der Waals surface area contributed by atoms with Crippen LogP contribution in [0.3, 0.4) is 0 Å². The molecular formula is C18H27IN4O2S2. The molecule has 0 aliphatic rings. The smallest absolute Gasteiger partial charge is 0.238 e. The van der Waals surface area contributed by atoms with Crippen LogP contribution in [-0.2, 0) is 23.0 Å². The van der Waals surface area contributed by atoms with E-state index in [4.69, 9.17) is 5.14 Å². The van der Waals surface area contributed by atoms with Crippen molar-refractivity contribution in [2.45, 2.75) is 44.7 Å². The number of hydrogen-bond acceptors (Lipinski definition) is 4. The lowest BCUT2D eigenvalue weighted by atomic mass is 10.2. The van der Waals surface area contributed by atoms with Gasteiger partial charge < -0.3 is 10.6 Å². The highest BCUT2D eigenvalue weighted by Crippen LogP contribution is 2.16. The third-order valence-electron chi connectivity index (χ3n) is 3.70. The summed E-state index contributed by atoms with van der Waals surface area (Å²) < 4.78 is 22.6. The van der Waals surface area contributed by atoms with E-state index in [1.807, 2.05) is 18.3 Å². The summed E-state index contributed by atoms with van der Waals surface area (Å²) in [6.07, 6.45) is 0.936. The first-order chi connectivity index (χ1) is 12.3. The van der Waals surface area contributed by atoms with Crippen LogP contribution in [0, 0.1) is 6.92 Å². The molecule has 1 heterocycles. The number of nitrogens with one attached hydrogen (secondary N) is 2. The first kappa shape index (κ1) is 23.9. The predicted octanol–water partition coefficient (Wildman–Crippen LogP) is 3.01. The zero-order valence-corrected chi connectivity index (χ0v) is 19.7. The summed E-state index contributed by atoms with van der Waals surface area (Å²) >= 11 is 1.81. The Morgan fingerprint density at radius 3 is 2.41 bits per heavy atom. The molecule has 0 fully saturated rings. The number of nitrogens with zero attached hydrogens (tertiary/aromatic N) is 1. The Bertz CT molecular complexity index is 849. The predicted molar refractivity (Wildman–Crippen MR) is 123 cm³/mol. The average molecular weight is 522 g/mol. The van der Waals surface area contributed by atoms with Crippen molar-refractivity contribution in [2.24, 2.45) is 10.1 Å². The normalized spacial score (nSPS) is 13.0. The Morgan fingerprint density at radius 2 is 1.89 bits per heavy atom. The van der Waals surface area contributed by atoms with Gasteiger partial charge in [0.25, 0.3) is 0 Å². The van der Waals surface area contributed by atoms with Crippen LogP contribution in [0.25, 0.3) is 0 Å². The van der Waals surface area contributed by atoms with Crippen LogP contribution >= 0.6 is 35.3 Å². The van der Waals surface area contributed by atoms with Crippen molar-refractivity contribution in [3.8, 4) is 0 Å². The van der Waals surface area contributed by atoms with Gasteiger partial charge in [0, 0.05) is 28.8 Å². The third-order valence-corrected chi connectivity index (χ3v) is 5.65. The molecule has 0 aliphatic carbocycles. The maximum Gasteiger partial charge on any atom is 0.238 e. The number of thiophene rings is 1. The molecule has 0 radical (unpaired) electrons. The summed E-state index contributed by atoms with van der Waals surface area (Å²) in [4.78, 5) is 7.35. The van der Waals surface area contributed by atoms with E-state index >= 15 is 0 Å². The van der Waals surface area contributed by atoms with E-state index < -0.39 is 10.0 Å². The Morgan fingerprint density at radius 1 is 1.22 bits per heavy atom. The highest BCUT2D eigenvalue weighted by atomic mass is 127. The molecule has 2 rings (SSSR count). The van der Waals surface area contributed by atoms with Gasteiger partial charge in [-0.15, -0.1) is 35.3 Å². The third kappa shape index (κ3) is 8.16. The van der Waals surface area contributed by atoms with Gasteiger partial charge in [-0.2, -0.15) is 0 Å². The van der Waals surface area contributed by atoms with Crippen molar-refractivity contribution in [3.05, 3.63) is 51.7 Å². The number of hydrogen-bond donors (Lipinski definition) is 3. The van der Waals surface area contributed by atoms with Gasteiger partial charge in [-0.1, -0.05) is 12.1 Å². The van der Waals surface area contributed by atoms with Crippen LogP contribution < -0.4 is 15.8 Å². The molecule has 27 heavy (non-hydrogen) atoms. The topological polar surface area (TPSA) is 96.6 Å². The largest absolute Gasteiger partial charge is 0.357 e. The number of sulfonamides is 1. The number of halogens is 1. The fourth-order valence-corrected chi connectivity index (χ4v) is 3.99. The standard InChI is InChI=1S/C18H26N4O2S2.HI/c1-4-20-18(22-13(2)11-16-8-5-14(3)25-16)21-12-15-6-9-17(10-7-15)26(19,23)24;/h5-10,13H,4,11-12H2,1-3H3,(H2,19,23,24)(H2,20,21,22);1H. The molecule has 0 bridgehead atoms. The first-order valence-corrected chi connectivity index (χ1v) is 10.9. The monoisotopic (exact) mass is 522 g/mol. The molecule has 0 aliphatic heterocycles. The van der Waals surface area contributed by atoms with Gasteiger partial charge in [0.2, 0.25) is 10.0 Å². The summed E-state index contributed by atoms with van der Waals surface area (Å²) in [6, 6.07) is 11.0. The van der Waals surface area contributed by atoms with E-state index in [0.717, 1.165) is 24.5 Å². The number of aliphatic imine (C=N–C) groups is 1. The fourth-order valence-electron chi connectivity index (χ4n) is 2.46. The second-order valence-corrected chi connectivity index (χ2v) is 9.08. The van der Waals surface area contributed by atoms with Crippen LogP contribution in [0.2, 0.25) is 0 Å². The maximum absolute atomic E-state index is 11.3. The second kappa shape index (κ2) is 11.0. The van der Waals surface area contributed by atoms with Crippen LogP contribution in [0.1, 0.15) is 29.2 Å². The highest BCUT2D eigenvalue weighted by molar-refractivity contribution is 14.0. The number of aryl methyl sites for hydroxylation is 1. The van der Waals surface area contributed by atoms with E-state index in [-0.39, 0.29) is 34.9 Å². The Balaban J connectivity index is 0.00000364. The lowest BCUT2D eigenvalue weighted by Crippen LogP contribution is -2.43. The Labute approximate surface area is 182 Å². The highest BCUT2D eigenvalue weighted by Gasteiger charge is 2.09. The van der Waals surface area contributed by atoms with E-state index in [1.54, 1.807) is 12.1 Å². The summed E-state index contributed by atoms with van der Waals surface area (Å²) in [5.41, 5.74) is 0.913. The quantitative estimate of drug-likeness (QED) is 0.296. The van der Waals surface area contributed by atoms with Crippen LogP contribution in [0.4, 0.5) is 0 Å². The van der Waals surface area contributed by atoms with Crippen molar-refractivity contribution >= 4 is 51.3 Å². The van der Waals surface area contributed by atoms with Gasteiger partial charge in [0.1, 0.15) is 0 Å². The van der Waals surface area contributed by atoms with E-state index in [1.165, 1.54) is 21.9 Å². The van der Waals surface area contributed by atoms with Gasteiger partial charge in [-0.3, -0.25) is 0 Å². The molecule has 1 aromatic heterocycles. The molecule has 6 nitrogen and oxygen atoms in total. The van der Waals surface area contributed by atoms with Crippen molar-refractivity contribution in [2.75, 3.05) is 6.54 Å². The van der Waals surface area contributed by atoms with Crippen LogP contribution in [-0.4, -0.2) is 27.0 Å². The summed E-state index contributed by atoms with van der Waals surface area (Å²) in [5, 5.41) is 11.8. The first-order valence-electron chi connectivity index (χ1n) is 8.50. The molecular weight excluding hydrogens is 495 g/mol. The molecule has 1 unspecified atom stereocenters. The summed E-state index contributed by atoms with van der Waals surface area (Å²) in [6.45, 7) is 7.47. The van der Waals surface area contributed by atoms with E-state index in [0.29, 0.717) is 6.54 Å². The molecule has 1 aromatic carbocycles. The zero-order valence-electron chi connectivity index (χ0n) is 15.7. The Kier molecular flexibility index (Phi) is 9.71. The molecule has 4 N–H and O–H groups in total. The Hall–Kier alpha value is -1.17. The second-order valence-electron chi connectivity index (χ2n) is 6.15. The van der Waals surface area contributed by atoms with Gasteiger partial charge >= 0.3 is 0 Å². The molecule has 150 valence electrons. The van der Waals surface area contributed by atoms with Crippen LogP contribution in [0.15, 0.2) is 46.3 Å². The maximum atomic E-state index is 11.3. The molecule has 9 heteroatoms. The summed E-state index contributed by atoms with van der Waals surface area (Å²) in [7, 11) is -3.66. The minimum atomic E-state index is -3.66. The molecule has 1 atom stereocenters. The van der Waals surface area contributed by atoms with Gasteiger partial charge in [-0.05, 0) is 50.6 Å². The van der Waals surface area contributed by atoms with Crippen LogP contribution in [0.5, 0.6) is 0 Å². The number of primary sulfonamides is 1. The van der Waals surface area contributed by atoms with Crippen molar-refractivity contribution < 1.29 is 8.42 Å². The zero-order chi connectivity index (χ0) is 19.2. The van der Waals surface area contributed by atoms with E-state index in [9.17, 15) is 8.42 Å². The van der Waals surface area contributed by atoms with Crippen molar-refractivity contribution in [1.82, 2.24) is 10.6 Å². The van der Waals surface area contributed by atoms with Gasteiger partial charge in [-0.25, -0.2) is 18.5 Å². The average Bonchev–Trinajstić information content (AvgIpc) is 2.97.